The van der Waals surface area contributed by atoms with Crippen LogP contribution < -0.4 is 0 Å². The fourth-order valence-electron chi connectivity index (χ4n) is 0.180. The number of hydrogen-bond acceptors (Lipinski definition) is 4. The average molecular weight is 179 g/mol. The summed E-state index contributed by atoms with van der Waals surface area (Å²) in [4.78, 5) is 9.44. The predicted octanol–water partition coefficient (Wildman–Crippen LogP) is 1.79. The van der Waals surface area contributed by atoms with Crippen molar-refractivity contribution in [3.8, 4) is 0 Å². The van der Waals surface area contributed by atoms with E-state index in [0.29, 0.717) is 0 Å². The van der Waals surface area contributed by atoms with Crippen LogP contribution >= 0.6 is 8.38 Å². The van der Waals surface area contributed by atoms with Gasteiger partial charge in [0.25, 0.3) is 0 Å². The molecule has 0 spiro atoms. The summed E-state index contributed by atoms with van der Waals surface area (Å²) in [5.74, 6) is 1.31. The van der Waals surface area contributed by atoms with Crippen molar-refractivity contribution < 1.29 is 13.8 Å². The number of rotatable bonds is 3. The van der Waals surface area contributed by atoms with E-state index < -0.39 is 8.38 Å². The summed E-state index contributed by atoms with van der Waals surface area (Å²) in [5.41, 5.74) is 0. The molecule has 1 N–H and O–H groups in total. The van der Waals surface area contributed by atoms with Crippen molar-refractivity contribution in [3.63, 3.8) is 0 Å². The Hall–Kier alpha value is -0.310. The monoisotopic (exact) mass is 179 g/mol. The molecular formula is C6H14NO3P. The summed E-state index contributed by atoms with van der Waals surface area (Å²) < 4.78 is 9.30. The molecule has 0 aromatic rings. The Labute approximate surface area is 68.3 Å². The van der Waals surface area contributed by atoms with E-state index in [1.165, 1.54) is 28.1 Å². The predicted molar refractivity (Wildman–Crippen MR) is 46.1 cm³/mol. The molecule has 0 saturated heterocycles. The summed E-state index contributed by atoms with van der Waals surface area (Å²) in [7, 11) is 2.02. The van der Waals surface area contributed by atoms with Gasteiger partial charge in [-0.1, -0.05) is 0 Å². The summed E-state index contributed by atoms with van der Waals surface area (Å²) in [6, 6.07) is 0. The van der Waals surface area contributed by atoms with E-state index in [0.717, 1.165) is 5.96 Å². The van der Waals surface area contributed by atoms with Gasteiger partial charge in [-0.3, -0.25) is 0 Å². The second-order valence-corrected chi connectivity index (χ2v) is 3.25. The van der Waals surface area contributed by atoms with Crippen molar-refractivity contribution in [2.45, 2.75) is 13.8 Å². The molecule has 0 aromatic carbocycles. The fraction of sp³-hybridized carbons (Fsp3) is 0.667. The van der Waals surface area contributed by atoms with Gasteiger partial charge in [-0.05, 0) is 13.8 Å². The van der Waals surface area contributed by atoms with E-state index in [1.54, 1.807) is 0 Å². The molecule has 0 unspecified atom stereocenters. The summed E-state index contributed by atoms with van der Waals surface area (Å²) >= 11 is 0. The Balaban J connectivity index is 0. The minimum Gasteiger partial charge on any atom is -0.333 e. The highest BCUT2D eigenvalue weighted by molar-refractivity contribution is 7.63. The molecule has 0 radical (unpaired) electrons. The van der Waals surface area contributed by atoms with Crippen LogP contribution in [0, 0.1) is 5.41 Å². The Bertz CT molecular complexity index is 110. The van der Waals surface area contributed by atoms with Crippen molar-refractivity contribution in [3.05, 3.63) is 0 Å². The number of Topliss-reactive ketones (excluding diaryl/α,β-unsaturated/α-hetero) is 1. The molecule has 0 aliphatic heterocycles. The van der Waals surface area contributed by atoms with Gasteiger partial charge in [-0.15, -0.1) is 0 Å². The molecule has 0 fully saturated rings. The Morgan fingerprint density at radius 2 is 1.64 bits per heavy atom. The van der Waals surface area contributed by atoms with Crippen LogP contribution in [-0.2, 0) is 13.8 Å². The minimum atomic E-state index is -1.01. The molecule has 0 aliphatic carbocycles. The molecule has 0 atom stereocenters. The van der Waals surface area contributed by atoms with Gasteiger partial charge in [0.05, 0.1) is 5.96 Å². The highest BCUT2D eigenvalue weighted by atomic mass is 31.2. The van der Waals surface area contributed by atoms with Crippen LogP contribution in [0.4, 0.5) is 0 Å². The highest BCUT2D eigenvalue weighted by Gasteiger charge is 1.96. The van der Waals surface area contributed by atoms with Gasteiger partial charge < -0.3 is 19.3 Å². The third-order valence-electron chi connectivity index (χ3n) is 0.465. The lowest BCUT2D eigenvalue weighted by atomic mass is 10.6. The van der Waals surface area contributed by atoms with Gasteiger partial charge in [-0.25, -0.2) is 0 Å². The largest absolute Gasteiger partial charge is 0.333 e. The van der Waals surface area contributed by atoms with E-state index in [4.69, 9.17) is 5.41 Å². The topological polar surface area (TPSA) is 59.4 Å². The van der Waals surface area contributed by atoms with Gasteiger partial charge in [0, 0.05) is 14.2 Å². The van der Waals surface area contributed by atoms with E-state index in [1.807, 2.05) is 0 Å². The lowest BCUT2D eigenvalue weighted by molar-refractivity contribution is -0.114. The molecule has 0 rings (SSSR count). The zero-order valence-corrected chi connectivity index (χ0v) is 8.14. The zero-order valence-electron chi connectivity index (χ0n) is 7.25. The average Bonchev–Trinajstić information content (AvgIpc) is 1.90. The summed E-state index contributed by atoms with van der Waals surface area (Å²) in [6.45, 7) is 3.06. The minimum absolute atomic E-state index is 0.167. The maximum atomic E-state index is 9.44. The normalized spacial score (nSPS) is 8.45. The molecule has 0 aromatic heterocycles. The van der Waals surface area contributed by atoms with Crippen molar-refractivity contribution in [1.29, 1.82) is 5.41 Å². The third-order valence-corrected chi connectivity index (χ3v) is 1.40. The molecule has 0 amide bonds. The Morgan fingerprint density at radius 3 is 1.64 bits per heavy atom. The maximum absolute atomic E-state index is 9.44. The van der Waals surface area contributed by atoms with Crippen LogP contribution in [0.15, 0.2) is 0 Å². The third kappa shape index (κ3) is 17.7. The lowest BCUT2D eigenvalue weighted by Gasteiger charge is -2.01. The number of hydrogen-bond donors (Lipinski definition) is 1. The molecule has 11 heavy (non-hydrogen) atoms. The molecule has 4 nitrogen and oxygen atoms in total. The van der Waals surface area contributed by atoms with E-state index in [9.17, 15) is 4.79 Å². The van der Waals surface area contributed by atoms with Crippen LogP contribution in [0.5, 0.6) is 0 Å². The van der Waals surface area contributed by atoms with E-state index in [-0.39, 0.29) is 5.78 Å². The molecule has 0 aliphatic rings. The highest BCUT2D eigenvalue weighted by Crippen LogP contribution is 2.30. The van der Waals surface area contributed by atoms with Crippen LogP contribution in [0.25, 0.3) is 0 Å². The Kier molecular flexibility index (Phi) is 11.7. The summed E-state index contributed by atoms with van der Waals surface area (Å²) in [5, 5.41) is 6.61. The number of carbonyl (C=O) groups is 1. The van der Waals surface area contributed by atoms with Crippen molar-refractivity contribution in [2.75, 3.05) is 14.2 Å². The van der Waals surface area contributed by atoms with Gasteiger partial charge in [0.1, 0.15) is 5.78 Å². The first kappa shape index (κ1) is 13.3. The molecule has 0 saturated carbocycles. The Morgan fingerprint density at radius 1 is 1.36 bits per heavy atom. The van der Waals surface area contributed by atoms with Crippen LogP contribution in [-0.4, -0.2) is 26.0 Å². The van der Waals surface area contributed by atoms with E-state index >= 15 is 0 Å². The number of nitrogens with one attached hydrogen (secondary N) is 1. The molecule has 66 valence electrons. The zero-order chi connectivity index (χ0) is 9.28. The van der Waals surface area contributed by atoms with Crippen LogP contribution in [0.2, 0.25) is 0 Å². The molecule has 0 heterocycles. The maximum Gasteiger partial charge on any atom is 0.215 e. The second kappa shape index (κ2) is 9.69. The van der Waals surface area contributed by atoms with Gasteiger partial charge in [-0.2, -0.15) is 0 Å². The summed E-state index contributed by atoms with van der Waals surface area (Å²) in [6.07, 6.45) is 0. The number of carbonyl (C=O) groups excluding carboxylic acids is 1. The smallest absolute Gasteiger partial charge is 0.215 e. The first-order valence-electron chi connectivity index (χ1n) is 2.93. The van der Waals surface area contributed by atoms with Gasteiger partial charge in [0.2, 0.25) is 8.38 Å². The first-order valence-corrected chi connectivity index (χ1v) is 4.18. The van der Waals surface area contributed by atoms with Gasteiger partial charge in [0.15, 0.2) is 0 Å². The lowest BCUT2D eigenvalue weighted by Crippen LogP contribution is -1.79. The van der Waals surface area contributed by atoms with E-state index in [2.05, 4.69) is 9.05 Å². The fourth-order valence-corrected chi connectivity index (χ4v) is 0.540. The van der Waals surface area contributed by atoms with Crippen LogP contribution in [0.1, 0.15) is 13.8 Å². The van der Waals surface area contributed by atoms with Gasteiger partial charge >= 0.3 is 0 Å². The molecule has 0 bridgehead atoms. The van der Waals surface area contributed by atoms with Crippen molar-refractivity contribution in [2.24, 2.45) is 0 Å². The SMILES string of the molecule is CC(C)=O.COP(C=N)OC. The first-order chi connectivity index (χ1) is 5.08. The quantitative estimate of drug-likeness (QED) is 0.530. The standard InChI is InChI=1S/C3H8NO2P.C3H6O/c1-5-7(3-4)6-2;1-3(2)4/h3-4H,1-2H3;1-2H3. The van der Waals surface area contributed by atoms with Crippen molar-refractivity contribution >= 4 is 20.1 Å². The van der Waals surface area contributed by atoms with Crippen LogP contribution in [0.3, 0.4) is 0 Å². The van der Waals surface area contributed by atoms with Crippen molar-refractivity contribution in [1.82, 2.24) is 0 Å². The molecular weight excluding hydrogens is 165 g/mol. The second-order valence-electron chi connectivity index (χ2n) is 1.69. The molecule has 5 heteroatoms. The number of ketones is 1.